The molecule has 0 saturated heterocycles. The molecule has 1 unspecified atom stereocenters. The molecule has 0 heterocycles. The van der Waals surface area contributed by atoms with Crippen LogP contribution >= 0.6 is 0 Å². The molecule has 0 bridgehead atoms. The highest BCUT2D eigenvalue weighted by molar-refractivity contribution is 5.69. The zero-order chi connectivity index (χ0) is 11.8. The van der Waals surface area contributed by atoms with Gasteiger partial charge in [-0.15, -0.1) is 0 Å². The summed E-state index contributed by atoms with van der Waals surface area (Å²) in [6.45, 7) is 9.67. The summed E-state index contributed by atoms with van der Waals surface area (Å²) in [5, 5.41) is 8.80. The number of hydrogen-bond donors (Lipinski definition) is 1. The normalized spacial score (nSPS) is 13.5. The van der Waals surface area contributed by atoms with Crippen LogP contribution in [0.2, 0.25) is 0 Å². The molecule has 0 aliphatic carbocycles. The van der Waals surface area contributed by atoms with Crippen molar-refractivity contribution in [2.45, 2.75) is 53.0 Å². The van der Waals surface area contributed by atoms with E-state index in [9.17, 15) is 4.79 Å². The van der Waals surface area contributed by atoms with Gasteiger partial charge in [0.2, 0.25) is 0 Å². The first-order valence-corrected chi connectivity index (χ1v) is 5.93. The van der Waals surface area contributed by atoms with Crippen molar-refractivity contribution >= 4 is 5.97 Å². The standard InChI is InChI=1S/C12H25NO2/c1-5-8-13(9-12(14)15)11(4)7-6-10(2)3/h10-11H,5-9H2,1-4H3,(H,14,15). The summed E-state index contributed by atoms with van der Waals surface area (Å²) >= 11 is 0. The molecule has 90 valence electrons. The molecule has 0 spiro atoms. The SMILES string of the molecule is CCCN(CC(=O)O)C(C)CCC(C)C. The number of aliphatic carboxylic acids is 1. The van der Waals surface area contributed by atoms with Crippen molar-refractivity contribution in [3.05, 3.63) is 0 Å². The molecule has 0 rings (SSSR count). The van der Waals surface area contributed by atoms with Crippen molar-refractivity contribution in [3.8, 4) is 0 Å². The minimum Gasteiger partial charge on any atom is -0.480 e. The average Bonchev–Trinajstić information content (AvgIpc) is 2.12. The van der Waals surface area contributed by atoms with E-state index in [0.29, 0.717) is 12.0 Å². The van der Waals surface area contributed by atoms with Gasteiger partial charge in [0.15, 0.2) is 0 Å². The first kappa shape index (κ1) is 14.4. The molecule has 0 fully saturated rings. The van der Waals surface area contributed by atoms with Crippen LogP contribution in [0.25, 0.3) is 0 Å². The van der Waals surface area contributed by atoms with Crippen molar-refractivity contribution in [2.24, 2.45) is 5.92 Å². The summed E-state index contributed by atoms with van der Waals surface area (Å²) in [5.41, 5.74) is 0. The molecule has 3 nitrogen and oxygen atoms in total. The van der Waals surface area contributed by atoms with Gasteiger partial charge < -0.3 is 5.11 Å². The van der Waals surface area contributed by atoms with Crippen LogP contribution in [0.4, 0.5) is 0 Å². The van der Waals surface area contributed by atoms with Crippen molar-refractivity contribution in [2.75, 3.05) is 13.1 Å². The zero-order valence-corrected chi connectivity index (χ0v) is 10.5. The van der Waals surface area contributed by atoms with Crippen LogP contribution in [0.15, 0.2) is 0 Å². The van der Waals surface area contributed by atoms with E-state index in [1.165, 1.54) is 6.42 Å². The minimum atomic E-state index is -0.722. The molecule has 0 aromatic rings. The largest absolute Gasteiger partial charge is 0.480 e. The maximum atomic E-state index is 10.7. The van der Waals surface area contributed by atoms with Crippen LogP contribution < -0.4 is 0 Å². The molecule has 0 aromatic carbocycles. The van der Waals surface area contributed by atoms with Gasteiger partial charge in [0.1, 0.15) is 0 Å². The predicted octanol–water partition coefficient (Wildman–Crippen LogP) is 2.61. The zero-order valence-electron chi connectivity index (χ0n) is 10.5. The van der Waals surface area contributed by atoms with Gasteiger partial charge >= 0.3 is 5.97 Å². The maximum absolute atomic E-state index is 10.7. The van der Waals surface area contributed by atoms with E-state index in [4.69, 9.17) is 5.11 Å². The van der Waals surface area contributed by atoms with Gasteiger partial charge in [-0.1, -0.05) is 20.8 Å². The highest BCUT2D eigenvalue weighted by Crippen LogP contribution is 2.12. The third-order valence-corrected chi connectivity index (χ3v) is 2.63. The summed E-state index contributed by atoms with van der Waals surface area (Å²) in [4.78, 5) is 12.7. The summed E-state index contributed by atoms with van der Waals surface area (Å²) in [6.07, 6.45) is 3.27. The second-order valence-corrected chi connectivity index (χ2v) is 4.68. The molecule has 0 saturated carbocycles. The van der Waals surface area contributed by atoms with Crippen molar-refractivity contribution in [3.63, 3.8) is 0 Å². The van der Waals surface area contributed by atoms with E-state index in [0.717, 1.165) is 19.4 Å². The van der Waals surface area contributed by atoms with Gasteiger partial charge in [0, 0.05) is 6.04 Å². The average molecular weight is 215 g/mol. The first-order chi connectivity index (χ1) is 6.97. The smallest absolute Gasteiger partial charge is 0.317 e. The molecule has 3 heteroatoms. The van der Waals surface area contributed by atoms with Crippen molar-refractivity contribution in [1.82, 2.24) is 4.90 Å². The van der Waals surface area contributed by atoms with E-state index >= 15 is 0 Å². The van der Waals surface area contributed by atoms with Crippen LogP contribution in [0.3, 0.4) is 0 Å². The molecule has 15 heavy (non-hydrogen) atoms. The molecule has 0 aliphatic rings. The summed E-state index contributed by atoms with van der Waals surface area (Å²) < 4.78 is 0. The highest BCUT2D eigenvalue weighted by atomic mass is 16.4. The maximum Gasteiger partial charge on any atom is 0.317 e. The van der Waals surface area contributed by atoms with Gasteiger partial charge in [-0.3, -0.25) is 9.69 Å². The number of rotatable bonds is 8. The number of carboxylic acids is 1. The summed E-state index contributed by atoms with van der Waals surface area (Å²) in [7, 11) is 0. The fraction of sp³-hybridized carbons (Fsp3) is 0.917. The Labute approximate surface area is 93.5 Å². The summed E-state index contributed by atoms with van der Waals surface area (Å²) in [6, 6.07) is 0.378. The van der Waals surface area contributed by atoms with Crippen LogP contribution in [-0.2, 0) is 4.79 Å². The lowest BCUT2D eigenvalue weighted by Crippen LogP contribution is -2.38. The van der Waals surface area contributed by atoms with Gasteiger partial charge in [-0.05, 0) is 38.6 Å². The van der Waals surface area contributed by atoms with Gasteiger partial charge in [-0.2, -0.15) is 0 Å². The molecular formula is C12H25NO2. The fourth-order valence-corrected chi connectivity index (χ4v) is 1.67. The van der Waals surface area contributed by atoms with E-state index in [1.807, 2.05) is 0 Å². The van der Waals surface area contributed by atoms with E-state index in [2.05, 4.69) is 32.6 Å². The van der Waals surface area contributed by atoms with E-state index < -0.39 is 5.97 Å². The van der Waals surface area contributed by atoms with Crippen LogP contribution in [0, 0.1) is 5.92 Å². The second kappa shape index (κ2) is 7.69. The Balaban J connectivity index is 4.03. The summed E-state index contributed by atoms with van der Waals surface area (Å²) in [5.74, 6) is -0.0272. The Bertz CT molecular complexity index is 180. The molecule has 0 radical (unpaired) electrons. The number of nitrogens with zero attached hydrogens (tertiary/aromatic N) is 1. The van der Waals surface area contributed by atoms with Crippen molar-refractivity contribution < 1.29 is 9.90 Å². The molecule has 1 atom stereocenters. The van der Waals surface area contributed by atoms with Gasteiger partial charge in [-0.25, -0.2) is 0 Å². The first-order valence-electron chi connectivity index (χ1n) is 5.93. The fourth-order valence-electron chi connectivity index (χ4n) is 1.67. The predicted molar refractivity (Wildman–Crippen MR) is 63.0 cm³/mol. The van der Waals surface area contributed by atoms with Gasteiger partial charge in [0.05, 0.1) is 6.54 Å². The lowest BCUT2D eigenvalue weighted by atomic mass is 10.0. The van der Waals surface area contributed by atoms with E-state index in [-0.39, 0.29) is 6.54 Å². The van der Waals surface area contributed by atoms with Gasteiger partial charge in [0.25, 0.3) is 0 Å². The lowest BCUT2D eigenvalue weighted by molar-refractivity contribution is -0.138. The Morgan fingerprint density at radius 1 is 1.27 bits per heavy atom. The molecular weight excluding hydrogens is 190 g/mol. The van der Waals surface area contributed by atoms with Crippen LogP contribution in [0.1, 0.15) is 47.0 Å². The van der Waals surface area contributed by atoms with E-state index in [1.54, 1.807) is 0 Å². The quantitative estimate of drug-likeness (QED) is 0.676. The molecule has 0 amide bonds. The number of hydrogen-bond acceptors (Lipinski definition) is 2. The third kappa shape index (κ3) is 7.37. The Hall–Kier alpha value is -0.570. The topological polar surface area (TPSA) is 40.5 Å². The molecule has 1 N–H and O–H groups in total. The second-order valence-electron chi connectivity index (χ2n) is 4.68. The molecule has 0 aliphatic heterocycles. The lowest BCUT2D eigenvalue weighted by Gasteiger charge is -2.27. The highest BCUT2D eigenvalue weighted by Gasteiger charge is 2.15. The number of carbonyl (C=O) groups is 1. The minimum absolute atomic E-state index is 0.174. The Kier molecular flexibility index (Phi) is 7.39. The Morgan fingerprint density at radius 2 is 1.87 bits per heavy atom. The number of carboxylic acid groups (broad SMARTS) is 1. The van der Waals surface area contributed by atoms with Crippen LogP contribution in [0.5, 0.6) is 0 Å². The van der Waals surface area contributed by atoms with Crippen molar-refractivity contribution in [1.29, 1.82) is 0 Å². The third-order valence-electron chi connectivity index (χ3n) is 2.63. The Morgan fingerprint density at radius 3 is 2.27 bits per heavy atom. The monoisotopic (exact) mass is 215 g/mol. The van der Waals surface area contributed by atoms with Crippen LogP contribution in [-0.4, -0.2) is 35.1 Å². The molecule has 0 aromatic heterocycles.